The van der Waals surface area contributed by atoms with Crippen molar-refractivity contribution < 1.29 is 27.2 Å². The van der Waals surface area contributed by atoms with Gasteiger partial charge in [-0.2, -0.15) is 4.31 Å². The van der Waals surface area contributed by atoms with Crippen LogP contribution in [0.5, 0.6) is 17.2 Å². The standard InChI is InChI=1S/C23H25N3O6S/c1-16-11-20(32-24-16)18-4-6-23(22(13-18)29-2)33(27,28)26-9-7-25(8-10-26)14-17-3-5-19-21(12-17)31-15-30-19/h3-6,11-13H,7-10,14-15H2,1-2H3. The van der Waals surface area contributed by atoms with Crippen LogP contribution in [-0.2, 0) is 16.6 Å². The van der Waals surface area contributed by atoms with Gasteiger partial charge >= 0.3 is 0 Å². The van der Waals surface area contributed by atoms with Crippen molar-refractivity contribution in [1.29, 1.82) is 0 Å². The van der Waals surface area contributed by atoms with E-state index < -0.39 is 10.0 Å². The van der Waals surface area contributed by atoms with Crippen LogP contribution in [0.1, 0.15) is 11.3 Å². The monoisotopic (exact) mass is 471 g/mol. The van der Waals surface area contributed by atoms with Crippen LogP contribution < -0.4 is 14.2 Å². The minimum absolute atomic E-state index is 0.147. The molecule has 1 fully saturated rings. The molecule has 2 aliphatic heterocycles. The van der Waals surface area contributed by atoms with Gasteiger partial charge in [0, 0.05) is 44.4 Å². The third-order valence-electron chi connectivity index (χ3n) is 5.87. The molecule has 33 heavy (non-hydrogen) atoms. The summed E-state index contributed by atoms with van der Waals surface area (Å²) in [6.07, 6.45) is 0. The highest BCUT2D eigenvalue weighted by atomic mass is 32.2. The lowest BCUT2D eigenvalue weighted by Gasteiger charge is -2.34. The molecular formula is C23H25N3O6S. The van der Waals surface area contributed by atoms with E-state index in [1.54, 1.807) is 24.3 Å². The Hall–Kier alpha value is -3.08. The first kappa shape index (κ1) is 21.7. The Bertz CT molecular complexity index is 1260. The molecule has 0 atom stereocenters. The molecule has 9 nitrogen and oxygen atoms in total. The fourth-order valence-corrected chi connectivity index (χ4v) is 5.66. The second-order valence-electron chi connectivity index (χ2n) is 8.07. The highest BCUT2D eigenvalue weighted by Gasteiger charge is 2.31. The van der Waals surface area contributed by atoms with Crippen LogP contribution in [0.25, 0.3) is 11.3 Å². The Morgan fingerprint density at radius 3 is 2.52 bits per heavy atom. The van der Waals surface area contributed by atoms with E-state index in [0.717, 1.165) is 29.3 Å². The largest absolute Gasteiger partial charge is 0.495 e. The number of fused-ring (bicyclic) bond motifs is 1. The first-order chi connectivity index (χ1) is 15.9. The van der Waals surface area contributed by atoms with Crippen LogP contribution in [0.2, 0.25) is 0 Å². The fourth-order valence-electron chi connectivity index (χ4n) is 4.10. The summed E-state index contributed by atoms with van der Waals surface area (Å²) in [5.41, 5.74) is 2.56. The zero-order chi connectivity index (χ0) is 23.0. The minimum Gasteiger partial charge on any atom is -0.495 e. The van der Waals surface area contributed by atoms with Gasteiger partial charge in [-0.3, -0.25) is 4.90 Å². The molecule has 0 unspecified atom stereocenters. The molecular weight excluding hydrogens is 446 g/mol. The molecule has 0 bridgehead atoms. The summed E-state index contributed by atoms with van der Waals surface area (Å²) >= 11 is 0. The summed E-state index contributed by atoms with van der Waals surface area (Å²) in [6.45, 7) is 4.86. The number of hydrogen-bond donors (Lipinski definition) is 0. The van der Waals surface area contributed by atoms with E-state index in [0.29, 0.717) is 37.5 Å². The predicted molar refractivity (Wildman–Crippen MR) is 120 cm³/mol. The number of rotatable bonds is 6. The maximum atomic E-state index is 13.4. The van der Waals surface area contributed by atoms with Gasteiger partial charge in [0.1, 0.15) is 10.6 Å². The number of sulfonamides is 1. The summed E-state index contributed by atoms with van der Waals surface area (Å²) in [5.74, 6) is 2.36. The highest BCUT2D eigenvalue weighted by molar-refractivity contribution is 7.89. The van der Waals surface area contributed by atoms with Gasteiger partial charge in [0.15, 0.2) is 17.3 Å². The zero-order valence-corrected chi connectivity index (χ0v) is 19.3. The van der Waals surface area contributed by atoms with Crippen LogP contribution in [0.3, 0.4) is 0 Å². The van der Waals surface area contributed by atoms with Crippen molar-refractivity contribution in [3.63, 3.8) is 0 Å². The van der Waals surface area contributed by atoms with E-state index >= 15 is 0 Å². The molecule has 3 heterocycles. The second kappa shape index (κ2) is 8.69. The van der Waals surface area contributed by atoms with Gasteiger partial charge in [-0.15, -0.1) is 0 Å². The predicted octanol–water partition coefficient (Wildman–Crippen LogP) is 2.89. The summed E-state index contributed by atoms with van der Waals surface area (Å²) < 4.78 is 49.8. The minimum atomic E-state index is -3.70. The maximum Gasteiger partial charge on any atom is 0.246 e. The van der Waals surface area contributed by atoms with Gasteiger partial charge in [-0.1, -0.05) is 11.2 Å². The Morgan fingerprint density at radius 2 is 1.79 bits per heavy atom. The average molecular weight is 472 g/mol. The van der Waals surface area contributed by atoms with Gasteiger partial charge < -0.3 is 18.7 Å². The van der Waals surface area contributed by atoms with Crippen LogP contribution >= 0.6 is 0 Å². The summed E-state index contributed by atoms with van der Waals surface area (Å²) in [4.78, 5) is 2.38. The molecule has 0 radical (unpaired) electrons. The quantitative estimate of drug-likeness (QED) is 0.542. The van der Waals surface area contributed by atoms with Crippen molar-refractivity contribution in [2.45, 2.75) is 18.4 Å². The Labute approximate surface area is 192 Å². The number of hydrogen-bond acceptors (Lipinski definition) is 8. The summed E-state index contributed by atoms with van der Waals surface area (Å²) in [5, 5.41) is 3.89. The number of piperazine rings is 1. The maximum absolute atomic E-state index is 13.4. The molecule has 1 aromatic heterocycles. The number of aromatic nitrogens is 1. The van der Waals surface area contributed by atoms with E-state index in [1.165, 1.54) is 11.4 Å². The van der Waals surface area contributed by atoms with E-state index in [9.17, 15) is 8.42 Å². The number of nitrogens with zero attached hydrogens (tertiary/aromatic N) is 3. The second-order valence-corrected chi connectivity index (χ2v) is 9.97. The number of aryl methyl sites for hydroxylation is 1. The highest BCUT2D eigenvalue weighted by Crippen LogP contribution is 2.34. The lowest BCUT2D eigenvalue weighted by Crippen LogP contribution is -2.48. The molecule has 0 spiro atoms. The summed E-state index contributed by atoms with van der Waals surface area (Å²) in [7, 11) is -2.24. The molecule has 5 rings (SSSR count). The molecule has 174 valence electrons. The van der Waals surface area contributed by atoms with Crippen molar-refractivity contribution in [3.8, 4) is 28.6 Å². The fraction of sp³-hybridized carbons (Fsp3) is 0.348. The van der Waals surface area contributed by atoms with Crippen molar-refractivity contribution in [1.82, 2.24) is 14.4 Å². The third-order valence-corrected chi connectivity index (χ3v) is 7.81. The van der Waals surface area contributed by atoms with Gasteiger partial charge in [0.05, 0.1) is 12.8 Å². The number of methoxy groups -OCH3 is 1. The van der Waals surface area contributed by atoms with Gasteiger partial charge in [-0.05, 0) is 42.8 Å². The average Bonchev–Trinajstić information content (AvgIpc) is 3.47. The molecule has 0 aliphatic carbocycles. The Balaban J connectivity index is 1.28. The van der Waals surface area contributed by atoms with Crippen molar-refractivity contribution in [2.75, 3.05) is 40.1 Å². The van der Waals surface area contributed by atoms with E-state index in [2.05, 4.69) is 10.1 Å². The molecule has 2 aliphatic rings. The van der Waals surface area contributed by atoms with Gasteiger partial charge in [0.2, 0.25) is 16.8 Å². The molecule has 3 aromatic rings. The third kappa shape index (κ3) is 4.29. The first-order valence-corrected chi connectivity index (χ1v) is 12.1. The Kier molecular flexibility index (Phi) is 5.73. The van der Waals surface area contributed by atoms with E-state index in [4.69, 9.17) is 18.7 Å². The molecule has 2 aromatic carbocycles. The molecule has 10 heteroatoms. The first-order valence-electron chi connectivity index (χ1n) is 10.7. The number of ether oxygens (including phenoxy) is 3. The van der Waals surface area contributed by atoms with Crippen molar-refractivity contribution in [3.05, 3.63) is 53.7 Å². The summed E-state index contributed by atoms with van der Waals surface area (Å²) in [6, 6.07) is 12.7. The van der Waals surface area contributed by atoms with Crippen LogP contribution in [0.4, 0.5) is 0 Å². The van der Waals surface area contributed by atoms with Crippen LogP contribution in [0.15, 0.2) is 51.9 Å². The smallest absolute Gasteiger partial charge is 0.246 e. The lowest BCUT2D eigenvalue weighted by molar-refractivity contribution is 0.173. The van der Waals surface area contributed by atoms with Gasteiger partial charge in [0.25, 0.3) is 0 Å². The topological polar surface area (TPSA) is 94.3 Å². The molecule has 0 saturated carbocycles. The lowest BCUT2D eigenvalue weighted by atomic mass is 10.1. The normalized spacial score (nSPS) is 16.8. The van der Waals surface area contributed by atoms with E-state index in [-0.39, 0.29) is 17.4 Å². The van der Waals surface area contributed by atoms with Crippen molar-refractivity contribution >= 4 is 10.0 Å². The van der Waals surface area contributed by atoms with Crippen molar-refractivity contribution in [2.24, 2.45) is 0 Å². The Morgan fingerprint density at radius 1 is 1.00 bits per heavy atom. The molecule has 1 saturated heterocycles. The van der Waals surface area contributed by atoms with Crippen LogP contribution in [-0.4, -0.2) is 62.9 Å². The zero-order valence-electron chi connectivity index (χ0n) is 18.5. The van der Waals surface area contributed by atoms with Gasteiger partial charge in [-0.25, -0.2) is 8.42 Å². The SMILES string of the molecule is COc1cc(-c2cc(C)no2)ccc1S(=O)(=O)N1CCN(Cc2ccc3c(c2)OCO3)CC1. The molecule has 0 N–H and O–H groups in total. The van der Waals surface area contributed by atoms with Crippen LogP contribution in [0, 0.1) is 6.92 Å². The number of benzene rings is 2. The molecule has 0 amide bonds. The van der Waals surface area contributed by atoms with E-state index in [1.807, 2.05) is 25.1 Å².